The number of unbranched alkanes of at least 4 members (excludes halogenated alkanes) is 2. The predicted molar refractivity (Wildman–Crippen MR) is 322 cm³/mol. The summed E-state index contributed by atoms with van der Waals surface area (Å²) in [6, 6.07) is -13.0. The minimum absolute atomic E-state index is 0.0225. The number of primary amides is 1. The Morgan fingerprint density at radius 2 is 0.632 bits per heavy atom. The van der Waals surface area contributed by atoms with Crippen molar-refractivity contribution in [1.82, 2.24) is 47.9 Å². The number of rotatable bonds is 46. The number of hydrogen-bond donors (Lipinski definition) is 22. The summed E-state index contributed by atoms with van der Waals surface area (Å²) in [5.74, 6) is -11.4. The summed E-state index contributed by atoms with van der Waals surface area (Å²) in [4.78, 5) is 164. The lowest BCUT2D eigenvalue weighted by Crippen LogP contribution is -2.60. The molecule has 0 bridgehead atoms. The molecule has 0 aliphatic carbocycles. The molecule has 10 amide bonds. The number of carbonyl (C=O) groups excluding carboxylic acids is 10. The van der Waals surface area contributed by atoms with Crippen LogP contribution in [0.15, 0.2) is 20.0 Å². The van der Waals surface area contributed by atoms with E-state index in [4.69, 9.17) is 63.1 Å². The van der Waals surface area contributed by atoms with Gasteiger partial charge < -0.3 is 121 Å². The molecule has 0 fully saturated rings. The second-order valence-corrected chi connectivity index (χ2v) is 20.3. The summed E-state index contributed by atoms with van der Waals surface area (Å²) in [5.41, 5.74) is 60.6. The summed E-state index contributed by atoms with van der Waals surface area (Å²) in [6.07, 6.45) is -1.49. The van der Waals surface area contributed by atoms with Gasteiger partial charge in [-0.15, -0.1) is 0 Å². The standard InChI is InChI=1S/C50H96N24O13/c1-26(66-40(81)29(67-28(3)76)14-8-22-62-47(54)55)39(80)68-32(15-9-23-63-48(56)57)43(84)73-35(18-19-36(77)78)45(86)71-33(16-10-24-64-49(58)59)44(85)70-30(12-4-6-20-51)41(82)69-31(13-5-7-21-52)42(83)72-34(17-11-25-65-50(60)61)46(87)74-37(27(2)75)38(53)79/h26-27,29-35,37,75H,4-25,51-52H2,1-3H3,(H2,53,79)(H,66,81)(H,67,76)(H,68,80)(H,69,82)(H,70,85)(H,71,86)(H,72,83)(H,73,84)(H,74,87)(H,77,78)(H4,54,55,62)(H4,56,57,63)(H4,58,59,64)(H4,60,61,65)/t26-,27+,29-,30-,31-,32-,33-,34-,35-,37-/m0/s1. The molecule has 0 aromatic carbocycles. The van der Waals surface area contributed by atoms with Gasteiger partial charge in [-0.1, -0.05) is 0 Å². The molecule has 0 aromatic rings. The van der Waals surface area contributed by atoms with E-state index in [9.17, 15) is 63.0 Å². The molecule has 10 atom stereocenters. The van der Waals surface area contributed by atoms with Crippen molar-refractivity contribution in [3.63, 3.8) is 0 Å². The van der Waals surface area contributed by atoms with Crippen molar-refractivity contribution >= 4 is 88.9 Å². The fraction of sp³-hybridized carbons (Fsp3) is 0.700. The molecule has 0 radical (unpaired) electrons. The molecule has 0 aromatic heterocycles. The maximum Gasteiger partial charge on any atom is 0.303 e. The van der Waals surface area contributed by atoms with Gasteiger partial charge in [-0.2, -0.15) is 0 Å². The molecule has 494 valence electrons. The van der Waals surface area contributed by atoms with Crippen LogP contribution in [0.5, 0.6) is 0 Å². The number of carbonyl (C=O) groups is 11. The Hall–Kier alpha value is -8.87. The average Bonchev–Trinajstić information content (AvgIpc) is 3.60. The van der Waals surface area contributed by atoms with Crippen molar-refractivity contribution in [3.05, 3.63) is 0 Å². The van der Waals surface area contributed by atoms with Crippen LogP contribution in [0.4, 0.5) is 0 Å². The number of aliphatic imine (C=N–C) groups is 4. The topological polar surface area (TPSA) is 672 Å². The summed E-state index contributed by atoms with van der Waals surface area (Å²) in [6.45, 7) is 4.12. The molecule has 0 spiro atoms. The van der Waals surface area contributed by atoms with Crippen LogP contribution in [-0.4, -0.2) is 199 Å². The largest absolute Gasteiger partial charge is 0.481 e. The number of carboxylic acid groups (broad SMARTS) is 1. The molecule has 0 saturated carbocycles. The van der Waals surface area contributed by atoms with Crippen molar-refractivity contribution in [3.8, 4) is 0 Å². The van der Waals surface area contributed by atoms with Gasteiger partial charge in [-0.3, -0.25) is 72.7 Å². The Labute approximate surface area is 504 Å². The summed E-state index contributed by atoms with van der Waals surface area (Å²) in [7, 11) is 0. The van der Waals surface area contributed by atoms with E-state index in [0.717, 1.165) is 0 Å². The van der Waals surface area contributed by atoms with Gasteiger partial charge in [0.05, 0.1) is 6.10 Å². The fourth-order valence-corrected chi connectivity index (χ4v) is 8.12. The van der Waals surface area contributed by atoms with Gasteiger partial charge in [0, 0.05) is 39.5 Å². The van der Waals surface area contributed by atoms with E-state index in [1.165, 1.54) is 20.8 Å². The first-order valence-corrected chi connectivity index (χ1v) is 28.4. The van der Waals surface area contributed by atoms with Crippen LogP contribution in [0.1, 0.15) is 124 Å². The number of nitrogens with one attached hydrogen (secondary N) is 9. The van der Waals surface area contributed by atoms with Gasteiger partial charge in [0.1, 0.15) is 54.4 Å². The maximum absolute atomic E-state index is 14.5. The number of hydrogen-bond acceptors (Lipinski definition) is 18. The summed E-state index contributed by atoms with van der Waals surface area (Å²) >= 11 is 0. The number of carboxylic acids is 1. The van der Waals surface area contributed by atoms with Gasteiger partial charge in [0.15, 0.2) is 23.8 Å². The monoisotopic (exact) mass is 1240 g/mol. The number of aliphatic hydroxyl groups is 1. The van der Waals surface area contributed by atoms with Crippen LogP contribution in [0.2, 0.25) is 0 Å². The zero-order valence-corrected chi connectivity index (χ0v) is 49.9. The lowest BCUT2D eigenvalue weighted by molar-refractivity contribution is -0.139. The van der Waals surface area contributed by atoms with E-state index in [0.29, 0.717) is 12.8 Å². The van der Waals surface area contributed by atoms with Crippen molar-refractivity contribution in [2.75, 3.05) is 39.3 Å². The highest BCUT2D eigenvalue weighted by Crippen LogP contribution is 2.12. The molecule has 0 rings (SSSR count). The highest BCUT2D eigenvalue weighted by Gasteiger charge is 2.35. The number of guanidine groups is 4. The molecule has 37 heteroatoms. The zero-order valence-electron chi connectivity index (χ0n) is 49.9. The summed E-state index contributed by atoms with van der Waals surface area (Å²) < 4.78 is 0. The maximum atomic E-state index is 14.5. The first-order valence-electron chi connectivity index (χ1n) is 28.4. The number of nitrogens with two attached hydrogens (primary N) is 11. The minimum atomic E-state index is -1.71. The molecule has 0 aliphatic rings. The van der Waals surface area contributed by atoms with E-state index in [1.807, 2.05) is 0 Å². The SMILES string of the molecule is CC(=O)N[C@@H](CCCN=C(N)N)C(=O)N[C@@H](C)C(=O)N[C@@H](CCCN=C(N)N)C(=O)N[C@@H](CCC(=O)O)C(=O)N[C@@H](CCCN=C(N)N)C(=O)N[C@@H](CCCCN)C(=O)N[C@@H](CCCCN)C(=O)N[C@@H](CCCN=C(N)N)C(=O)N[C@H](C(N)=O)[C@@H](C)O. The molecular weight excluding hydrogens is 1140 g/mol. The van der Waals surface area contributed by atoms with Crippen LogP contribution in [0.25, 0.3) is 0 Å². The molecule has 37 nitrogen and oxygen atoms in total. The zero-order chi connectivity index (χ0) is 66.2. The lowest BCUT2D eigenvalue weighted by Gasteiger charge is -2.28. The van der Waals surface area contributed by atoms with E-state index in [-0.39, 0.29) is 140 Å². The molecule has 0 aliphatic heterocycles. The average molecular weight is 1240 g/mol. The number of aliphatic carboxylic acids is 1. The third-order valence-corrected chi connectivity index (χ3v) is 12.7. The van der Waals surface area contributed by atoms with E-state index >= 15 is 0 Å². The van der Waals surface area contributed by atoms with Gasteiger partial charge in [0.25, 0.3) is 0 Å². The fourth-order valence-electron chi connectivity index (χ4n) is 8.12. The van der Waals surface area contributed by atoms with Crippen molar-refractivity contribution < 1.29 is 63.0 Å². The third kappa shape index (κ3) is 35.9. The van der Waals surface area contributed by atoms with Gasteiger partial charge in [-0.25, -0.2) is 0 Å². The molecule has 87 heavy (non-hydrogen) atoms. The minimum Gasteiger partial charge on any atom is -0.481 e. The van der Waals surface area contributed by atoms with E-state index < -0.39 is 138 Å². The Morgan fingerprint density at radius 1 is 0.368 bits per heavy atom. The van der Waals surface area contributed by atoms with Gasteiger partial charge in [0.2, 0.25) is 59.1 Å². The molecular formula is C50H96N24O13. The van der Waals surface area contributed by atoms with E-state index in [1.54, 1.807) is 0 Å². The quantitative estimate of drug-likeness (QED) is 0.0153. The molecule has 33 N–H and O–H groups in total. The molecule has 0 heterocycles. The summed E-state index contributed by atoms with van der Waals surface area (Å²) in [5, 5.41) is 42.5. The van der Waals surface area contributed by atoms with E-state index in [2.05, 4.69) is 67.8 Å². The van der Waals surface area contributed by atoms with Crippen molar-refractivity contribution in [1.29, 1.82) is 0 Å². The Bertz CT molecular complexity index is 2360. The second-order valence-electron chi connectivity index (χ2n) is 20.3. The smallest absolute Gasteiger partial charge is 0.303 e. The highest BCUT2D eigenvalue weighted by atomic mass is 16.4. The van der Waals surface area contributed by atoms with Crippen molar-refractivity contribution in [2.24, 2.45) is 83.0 Å². The second kappa shape index (κ2) is 43.7. The molecule has 0 saturated heterocycles. The lowest BCUT2D eigenvalue weighted by atomic mass is 10.0. The highest BCUT2D eigenvalue weighted by molar-refractivity contribution is 5.98. The number of aliphatic hydroxyl groups excluding tert-OH is 1. The normalized spacial score (nSPS) is 14.2. The van der Waals surface area contributed by atoms with Crippen LogP contribution >= 0.6 is 0 Å². The van der Waals surface area contributed by atoms with Crippen LogP contribution in [0.3, 0.4) is 0 Å². The van der Waals surface area contributed by atoms with Crippen LogP contribution < -0.4 is 111 Å². The third-order valence-electron chi connectivity index (χ3n) is 12.7. The Balaban J connectivity index is 7.18. The predicted octanol–water partition coefficient (Wildman–Crippen LogP) is -9.41. The van der Waals surface area contributed by atoms with Crippen LogP contribution in [0, 0.1) is 0 Å². The van der Waals surface area contributed by atoms with Gasteiger partial charge in [-0.05, 0) is 123 Å². The first kappa shape index (κ1) is 78.1. The number of amides is 10. The molecule has 0 unspecified atom stereocenters. The number of nitrogens with zero attached hydrogens (tertiary/aromatic N) is 4. The Kier molecular flexibility index (Phi) is 39.3. The van der Waals surface area contributed by atoms with Crippen LogP contribution in [-0.2, 0) is 52.7 Å². The Morgan fingerprint density at radius 3 is 0.897 bits per heavy atom. The van der Waals surface area contributed by atoms with Gasteiger partial charge >= 0.3 is 5.97 Å². The first-order chi connectivity index (χ1) is 40.9. The van der Waals surface area contributed by atoms with Crippen molar-refractivity contribution in [2.45, 2.75) is 184 Å².